The van der Waals surface area contributed by atoms with Crippen molar-refractivity contribution in [1.29, 1.82) is 0 Å². The summed E-state index contributed by atoms with van der Waals surface area (Å²) < 4.78 is 2.08. The van der Waals surface area contributed by atoms with Crippen LogP contribution in [0.4, 0.5) is 0 Å². The van der Waals surface area contributed by atoms with Crippen molar-refractivity contribution in [2.24, 2.45) is 5.73 Å². The molecule has 0 saturated carbocycles. The molecule has 2 aromatic carbocycles. The fourth-order valence-electron chi connectivity index (χ4n) is 3.51. The van der Waals surface area contributed by atoms with Gasteiger partial charge < -0.3 is 5.73 Å². The second-order valence-electron chi connectivity index (χ2n) is 6.71. The molecule has 0 amide bonds. The lowest BCUT2D eigenvalue weighted by atomic mass is 9.98. The van der Waals surface area contributed by atoms with E-state index >= 15 is 0 Å². The van der Waals surface area contributed by atoms with Gasteiger partial charge in [-0.3, -0.25) is 4.40 Å². The largest absolute Gasteiger partial charge is 0.326 e. The molecule has 2 heterocycles. The summed E-state index contributed by atoms with van der Waals surface area (Å²) in [4.78, 5) is 9.46. The number of nitrogens with two attached hydrogens (primary N) is 1. The van der Waals surface area contributed by atoms with Gasteiger partial charge in [-0.1, -0.05) is 54.1 Å². The Hall–Kier alpha value is -2.98. The van der Waals surface area contributed by atoms with Gasteiger partial charge in [0.05, 0.1) is 11.4 Å². The predicted octanol–water partition coefficient (Wildman–Crippen LogP) is 4.45. The summed E-state index contributed by atoms with van der Waals surface area (Å²) >= 11 is 0. The molecule has 0 unspecified atom stereocenters. The van der Waals surface area contributed by atoms with Gasteiger partial charge in [-0.25, -0.2) is 9.97 Å². The molecule has 4 heteroatoms. The Kier molecular flexibility index (Phi) is 4.05. The first-order valence-electron chi connectivity index (χ1n) is 8.80. The summed E-state index contributed by atoms with van der Waals surface area (Å²) in [5.74, 6) is 0.702. The average molecular weight is 342 g/mol. The molecule has 4 nitrogen and oxygen atoms in total. The molecule has 2 N–H and O–H groups in total. The van der Waals surface area contributed by atoms with Gasteiger partial charge in [-0.15, -0.1) is 0 Å². The monoisotopic (exact) mass is 342 g/mol. The van der Waals surface area contributed by atoms with Crippen LogP contribution in [-0.4, -0.2) is 14.4 Å². The number of aryl methyl sites for hydroxylation is 3. The third-order valence-corrected chi connectivity index (χ3v) is 4.83. The van der Waals surface area contributed by atoms with Crippen molar-refractivity contribution in [3.05, 3.63) is 77.1 Å². The third kappa shape index (κ3) is 2.68. The zero-order valence-corrected chi connectivity index (χ0v) is 15.3. The summed E-state index contributed by atoms with van der Waals surface area (Å²) in [6.45, 7) is 6.69. The minimum Gasteiger partial charge on any atom is -0.326 e. The molecular formula is C22H22N4. The first-order chi connectivity index (χ1) is 12.6. The van der Waals surface area contributed by atoms with Crippen LogP contribution in [-0.2, 0) is 6.54 Å². The van der Waals surface area contributed by atoms with Crippen LogP contribution in [0.25, 0.3) is 28.3 Å². The number of rotatable bonds is 3. The minimum absolute atomic E-state index is 0.441. The average Bonchev–Trinajstić information content (AvgIpc) is 3.05. The maximum atomic E-state index is 6.10. The summed E-state index contributed by atoms with van der Waals surface area (Å²) in [5, 5.41) is 0. The van der Waals surface area contributed by atoms with Gasteiger partial charge in [0.15, 0.2) is 0 Å². The highest BCUT2D eigenvalue weighted by Gasteiger charge is 2.17. The lowest BCUT2D eigenvalue weighted by Crippen LogP contribution is -2.09. The SMILES string of the molecule is Cc1ccc(-c2c(CN)c(C)nc3nc(-c4ccccc4)cn23)c(C)c1. The van der Waals surface area contributed by atoms with Crippen LogP contribution in [0.2, 0.25) is 0 Å². The molecule has 0 aliphatic heterocycles. The standard InChI is InChI=1S/C22H22N4/c1-14-9-10-18(15(2)11-14)21-19(12-23)16(3)24-22-25-20(13-26(21)22)17-7-5-4-6-8-17/h4-11,13H,12,23H2,1-3H3. The Morgan fingerprint density at radius 2 is 1.73 bits per heavy atom. The minimum atomic E-state index is 0.441. The van der Waals surface area contributed by atoms with E-state index in [1.165, 1.54) is 16.7 Å². The molecule has 0 saturated heterocycles. The van der Waals surface area contributed by atoms with Crippen molar-refractivity contribution < 1.29 is 0 Å². The van der Waals surface area contributed by atoms with E-state index < -0.39 is 0 Å². The molecular weight excluding hydrogens is 320 g/mol. The first-order valence-corrected chi connectivity index (χ1v) is 8.80. The van der Waals surface area contributed by atoms with Gasteiger partial charge in [-0.2, -0.15) is 0 Å². The molecule has 0 fully saturated rings. The van der Waals surface area contributed by atoms with Crippen LogP contribution >= 0.6 is 0 Å². The number of benzene rings is 2. The number of nitrogens with zero attached hydrogens (tertiary/aromatic N) is 3. The maximum Gasteiger partial charge on any atom is 0.235 e. The maximum absolute atomic E-state index is 6.10. The number of hydrogen-bond acceptors (Lipinski definition) is 3. The van der Waals surface area contributed by atoms with Crippen molar-refractivity contribution in [3.63, 3.8) is 0 Å². The van der Waals surface area contributed by atoms with Crippen LogP contribution < -0.4 is 5.73 Å². The summed E-state index contributed by atoms with van der Waals surface area (Å²) in [7, 11) is 0. The fourth-order valence-corrected chi connectivity index (χ4v) is 3.51. The van der Waals surface area contributed by atoms with E-state index in [0.717, 1.165) is 28.2 Å². The Morgan fingerprint density at radius 3 is 2.42 bits per heavy atom. The molecule has 4 aromatic rings. The molecule has 2 aromatic heterocycles. The molecule has 0 atom stereocenters. The highest BCUT2D eigenvalue weighted by molar-refractivity contribution is 5.72. The summed E-state index contributed by atoms with van der Waals surface area (Å²) in [6.07, 6.45) is 2.06. The van der Waals surface area contributed by atoms with E-state index in [4.69, 9.17) is 15.7 Å². The lowest BCUT2D eigenvalue weighted by Gasteiger charge is -2.15. The molecule has 0 aliphatic rings. The van der Waals surface area contributed by atoms with E-state index in [0.29, 0.717) is 12.3 Å². The van der Waals surface area contributed by atoms with Gasteiger partial charge in [0.2, 0.25) is 5.78 Å². The number of imidazole rings is 1. The smallest absolute Gasteiger partial charge is 0.235 e. The van der Waals surface area contributed by atoms with Crippen LogP contribution in [0, 0.1) is 20.8 Å². The van der Waals surface area contributed by atoms with Gasteiger partial charge in [0, 0.05) is 35.1 Å². The van der Waals surface area contributed by atoms with Crippen molar-refractivity contribution in [2.45, 2.75) is 27.3 Å². The third-order valence-electron chi connectivity index (χ3n) is 4.83. The van der Waals surface area contributed by atoms with Gasteiger partial charge >= 0.3 is 0 Å². The Bertz CT molecular complexity index is 1090. The second-order valence-corrected chi connectivity index (χ2v) is 6.71. The number of fused-ring (bicyclic) bond motifs is 1. The van der Waals surface area contributed by atoms with Crippen molar-refractivity contribution >= 4 is 5.78 Å². The van der Waals surface area contributed by atoms with E-state index in [1.54, 1.807) is 0 Å². The van der Waals surface area contributed by atoms with Crippen molar-refractivity contribution in [2.75, 3.05) is 0 Å². The Morgan fingerprint density at radius 1 is 0.962 bits per heavy atom. The molecule has 0 radical (unpaired) electrons. The normalized spacial score (nSPS) is 11.2. The fraction of sp³-hybridized carbons (Fsp3) is 0.182. The van der Waals surface area contributed by atoms with E-state index in [1.807, 2.05) is 25.1 Å². The van der Waals surface area contributed by atoms with Crippen LogP contribution in [0.1, 0.15) is 22.4 Å². The molecule has 0 spiro atoms. The quantitative estimate of drug-likeness (QED) is 0.598. The molecule has 0 aliphatic carbocycles. The number of hydrogen-bond donors (Lipinski definition) is 1. The summed E-state index contributed by atoms with van der Waals surface area (Å²) in [5.41, 5.74) is 14.8. The van der Waals surface area contributed by atoms with E-state index in [-0.39, 0.29) is 0 Å². The highest BCUT2D eigenvalue weighted by Crippen LogP contribution is 2.31. The van der Waals surface area contributed by atoms with Gasteiger partial charge in [0.1, 0.15) is 0 Å². The van der Waals surface area contributed by atoms with Gasteiger partial charge in [0.25, 0.3) is 0 Å². The second kappa shape index (κ2) is 6.39. The Labute approximate surface area is 153 Å². The predicted molar refractivity (Wildman–Crippen MR) is 106 cm³/mol. The van der Waals surface area contributed by atoms with Gasteiger partial charge in [-0.05, 0) is 26.3 Å². The molecule has 130 valence electrons. The summed E-state index contributed by atoms with van der Waals surface area (Å²) in [6, 6.07) is 16.7. The zero-order valence-electron chi connectivity index (χ0n) is 15.3. The van der Waals surface area contributed by atoms with Crippen LogP contribution in [0.3, 0.4) is 0 Å². The van der Waals surface area contributed by atoms with Crippen LogP contribution in [0.15, 0.2) is 54.7 Å². The van der Waals surface area contributed by atoms with Crippen molar-refractivity contribution in [1.82, 2.24) is 14.4 Å². The van der Waals surface area contributed by atoms with E-state index in [9.17, 15) is 0 Å². The molecule has 26 heavy (non-hydrogen) atoms. The highest BCUT2D eigenvalue weighted by atomic mass is 15.1. The lowest BCUT2D eigenvalue weighted by molar-refractivity contribution is 0.962. The zero-order chi connectivity index (χ0) is 18.3. The number of aromatic nitrogens is 3. The van der Waals surface area contributed by atoms with Crippen LogP contribution in [0.5, 0.6) is 0 Å². The topological polar surface area (TPSA) is 56.2 Å². The van der Waals surface area contributed by atoms with E-state index in [2.05, 4.69) is 54.8 Å². The molecule has 4 rings (SSSR count). The molecule has 0 bridgehead atoms. The van der Waals surface area contributed by atoms with Crippen molar-refractivity contribution in [3.8, 4) is 22.5 Å². The Balaban J connectivity index is 2.04. The first kappa shape index (κ1) is 16.5.